The Morgan fingerprint density at radius 2 is 1.83 bits per heavy atom. The lowest BCUT2D eigenvalue weighted by Gasteiger charge is -2.16. The van der Waals surface area contributed by atoms with Gasteiger partial charge in [-0.2, -0.15) is 0 Å². The minimum absolute atomic E-state index is 0.102. The SMILES string of the molecule is CNCCNC(=O)CCNS(=O)(=O)c1ccc2c(c1)CCCC2. The summed E-state index contributed by atoms with van der Waals surface area (Å²) in [6.45, 7) is 1.32. The Bertz CT molecular complexity index is 644. The van der Waals surface area contributed by atoms with E-state index in [1.165, 1.54) is 12.0 Å². The molecule has 3 N–H and O–H groups in total. The molecule has 7 heteroatoms. The van der Waals surface area contributed by atoms with Crippen molar-refractivity contribution in [1.29, 1.82) is 0 Å². The Labute approximate surface area is 138 Å². The number of sulfonamides is 1. The van der Waals surface area contributed by atoms with Gasteiger partial charge in [-0.05, 0) is 56.0 Å². The molecule has 0 aliphatic heterocycles. The number of likely N-dealkylation sites (N-methyl/N-ethyl adjacent to an activating group) is 1. The van der Waals surface area contributed by atoms with Gasteiger partial charge < -0.3 is 10.6 Å². The van der Waals surface area contributed by atoms with Gasteiger partial charge in [0.05, 0.1) is 4.90 Å². The lowest BCUT2D eigenvalue weighted by atomic mass is 9.92. The van der Waals surface area contributed by atoms with E-state index < -0.39 is 10.0 Å². The summed E-state index contributed by atoms with van der Waals surface area (Å²) in [6.07, 6.45) is 4.37. The summed E-state index contributed by atoms with van der Waals surface area (Å²) in [7, 11) is -1.75. The second-order valence-electron chi connectivity index (χ2n) is 5.74. The highest BCUT2D eigenvalue weighted by Gasteiger charge is 2.17. The van der Waals surface area contributed by atoms with Crippen LogP contribution >= 0.6 is 0 Å². The average molecular weight is 339 g/mol. The van der Waals surface area contributed by atoms with Crippen molar-refractivity contribution in [1.82, 2.24) is 15.4 Å². The molecule has 128 valence electrons. The molecule has 0 radical (unpaired) electrons. The highest BCUT2D eigenvalue weighted by Crippen LogP contribution is 2.23. The number of nitrogens with one attached hydrogen (secondary N) is 3. The fourth-order valence-corrected chi connectivity index (χ4v) is 3.76. The number of hydrogen-bond donors (Lipinski definition) is 3. The van der Waals surface area contributed by atoms with E-state index in [-0.39, 0.29) is 23.8 Å². The zero-order valence-corrected chi connectivity index (χ0v) is 14.3. The third-order valence-corrected chi connectivity index (χ3v) is 5.43. The Morgan fingerprint density at radius 3 is 2.57 bits per heavy atom. The zero-order valence-electron chi connectivity index (χ0n) is 13.5. The van der Waals surface area contributed by atoms with Gasteiger partial charge in [0.25, 0.3) is 0 Å². The van der Waals surface area contributed by atoms with Gasteiger partial charge in [-0.15, -0.1) is 0 Å². The molecule has 0 fully saturated rings. The number of aryl methyl sites for hydroxylation is 2. The molecule has 0 aromatic heterocycles. The van der Waals surface area contributed by atoms with Crippen LogP contribution in [0.15, 0.2) is 23.1 Å². The van der Waals surface area contributed by atoms with E-state index in [0.29, 0.717) is 13.1 Å². The van der Waals surface area contributed by atoms with Crippen molar-refractivity contribution in [2.75, 3.05) is 26.7 Å². The van der Waals surface area contributed by atoms with E-state index in [9.17, 15) is 13.2 Å². The molecule has 1 aromatic carbocycles. The van der Waals surface area contributed by atoms with Crippen molar-refractivity contribution in [2.24, 2.45) is 0 Å². The van der Waals surface area contributed by atoms with Crippen LogP contribution in [0, 0.1) is 0 Å². The van der Waals surface area contributed by atoms with Crippen LogP contribution in [0.2, 0.25) is 0 Å². The second kappa shape index (κ2) is 8.42. The van der Waals surface area contributed by atoms with Gasteiger partial charge in [0, 0.05) is 26.1 Å². The van der Waals surface area contributed by atoms with Crippen LogP contribution in [0.1, 0.15) is 30.4 Å². The smallest absolute Gasteiger partial charge is 0.240 e. The molecule has 0 saturated carbocycles. The molecule has 23 heavy (non-hydrogen) atoms. The molecule has 1 amide bonds. The summed E-state index contributed by atoms with van der Waals surface area (Å²) in [5.74, 6) is -0.159. The summed E-state index contributed by atoms with van der Waals surface area (Å²) in [4.78, 5) is 11.8. The number of carbonyl (C=O) groups is 1. The van der Waals surface area contributed by atoms with Crippen molar-refractivity contribution in [3.05, 3.63) is 29.3 Å². The Balaban J connectivity index is 1.88. The molecule has 0 unspecified atom stereocenters. The van der Waals surface area contributed by atoms with Crippen molar-refractivity contribution in [2.45, 2.75) is 37.0 Å². The normalized spacial score (nSPS) is 14.3. The first-order valence-electron chi connectivity index (χ1n) is 8.06. The van der Waals surface area contributed by atoms with Crippen molar-refractivity contribution < 1.29 is 13.2 Å². The van der Waals surface area contributed by atoms with Crippen molar-refractivity contribution >= 4 is 15.9 Å². The fourth-order valence-electron chi connectivity index (χ4n) is 2.67. The molecular formula is C16H25N3O3S. The lowest BCUT2D eigenvalue weighted by molar-refractivity contribution is -0.120. The molecule has 0 spiro atoms. The molecule has 0 bridgehead atoms. The Kier molecular flexibility index (Phi) is 6.56. The van der Waals surface area contributed by atoms with Gasteiger partial charge in [0.15, 0.2) is 0 Å². The number of fused-ring (bicyclic) bond motifs is 1. The number of carbonyl (C=O) groups excluding carboxylic acids is 1. The highest BCUT2D eigenvalue weighted by molar-refractivity contribution is 7.89. The number of benzene rings is 1. The molecule has 1 aliphatic carbocycles. The van der Waals surface area contributed by atoms with Crippen LogP contribution in [0.4, 0.5) is 0 Å². The minimum atomic E-state index is -3.56. The van der Waals surface area contributed by atoms with Gasteiger partial charge in [-0.3, -0.25) is 4.79 Å². The average Bonchev–Trinajstić information content (AvgIpc) is 2.54. The number of amides is 1. The van der Waals surface area contributed by atoms with E-state index in [0.717, 1.165) is 24.8 Å². The molecule has 2 rings (SSSR count). The largest absolute Gasteiger partial charge is 0.355 e. The second-order valence-corrected chi connectivity index (χ2v) is 7.51. The molecule has 0 atom stereocenters. The van der Waals surface area contributed by atoms with E-state index in [2.05, 4.69) is 15.4 Å². The first-order valence-corrected chi connectivity index (χ1v) is 9.54. The first kappa shape index (κ1) is 17.9. The summed E-state index contributed by atoms with van der Waals surface area (Å²) < 4.78 is 27.1. The topological polar surface area (TPSA) is 87.3 Å². The van der Waals surface area contributed by atoms with Crippen molar-refractivity contribution in [3.63, 3.8) is 0 Å². The summed E-state index contributed by atoms with van der Waals surface area (Å²) >= 11 is 0. The van der Waals surface area contributed by atoms with Crippen molar-refractivity contribution in [3.8, 4) is 0 Å². The van der Waals surface area contributed by atoms with Crippen LogP contribution in [-0.2, 0) is 27.7 Å². The van der Waals surface area contributed by atoms with E-state index >= 15 is 0 Å². The molecule has 6 nitrogen and oxygen atoms in total. The van der Waals surface area contributed by atoms with Crippen LogP contribution < -0.4 is 15.4 Å². The molecule has 1 aromatic rings. The van der Waals surface area contributed by atoms with Crippen LogP contribution in [0.3, 0.4) is 0 Å². The van der Waals surface area contributed by atoms with Gasteiger partial charge in [-0.25, -0.2) is 13.1 Å². The van der Waals surface area contributed by atoms with Gasteiger partial charge in [-0.1, -0.05) is 6.07 Å². The lowest BCUT2D eigenvalue weighted by Crippen LogP contribution is -2.33. The van der Waals surface area contributed by atoms with E-state index in [1.54, 1.807) is 19.2 Å². The predicted octanol–water partition coefficient (Wildman–Crippen LogP) is 0.569. The van der Waals surface area contributed by atoms with Gasteiger partial charge in [0.2, 0.25) is 15.9 Å². The maximum Gasteiger partial charge on any atom is 0.240 e. The van der Waals surface area contributed by atoms with Crippen LogP contribution in [0.25, 0.3) is 0 Å². The number of rotatable bonds is 8. The Hall–Kier alpha value is -1.44. The summed E-state index contributed by atoms with van der Waals surface area (Å²) in [5.41, 5.74) is 2.38. The van der Waals surface area contributed by atoms with E-state index in [4.69, 9.17) is 0 Å². The number of hydrogen-bond acceptors (Lipinski definition) is 4. The minimum Gasteiger partial charge on any atom is -0.355 e. The first-order chi connectivity index (χ1) is 11.0. The van der Waals surface area contributed by atoms with Gasteiger partial charge in [0.1, 0.15) is 0 Å². The maximum atomic E-state index is 12.3. The van der Waals surface area contributed by atoms with Crippen LogP contribution in [0.5, 0.6) is 0 Å². The summed E-state index contributed by atoms with van der Waals surface area (Å²) in [6, 6.07) is 5.33. The standard InChI is InChI=1S/C16H25N3O3S/c1-17-10-11-18-16(20)8-9-19-23(21,22)15-7-6-13-4-2-3-5-14(13)12-15/h6-7,12,17,19H,2-5,8-11H2,1H3,(H,18,20). The quantitative estimate of drug-likeness (QED) is 0.604. The van der Waals surface area contributed by atoms with E-state index in [1.807, 2.05) is 6.07 Å². The third kappa shape index (κ3) is 5.30. The van der Waals surface area contributed by atoms with Gasteiger partial charge >= 0.3 is 0 Å². The monoisotopic (exact) mass is 339 g/mol. The molecular weight excluding hydrogens is 314 g/mol. The summed E-state index contributed by atoms with van der Waals surface area (Å²) in [5, 5.41) is 5.64. The molecule has 0 saturated heterocycles. The molecule has 0 heterocycles. The maximum absolute atomic E-state index is 12.3. The highest BCUT2D eigenvalue weighted by atomic mass is 32.2. The Morgan fingerprint density at radius 1 is 1.09 bits per heavy atom. The predicted molar refractivity (Wildman–Crippen MR) is 89.8 cm³/mol. The zero-order chi connectivity index (χ0) is 16.7. The molecule has 1 aliphatic rings. The fraction of sp³-hybridized carbons (Fsp3) is 0.562. The third-order valence-electron chi connectivity index (χ3n) is 3.97. The van der Waals surface area contributed by atoms with Crippen LogP contribution in [-0.4, -0.2) is 41.0 Å².